The molecule has 0 bridgehead atoms. The van der Waals surface area contributed by atoms with Gasteiger partial charge in [0, 0.05) is 17.4 Å². The van der Waals surface area contributed by atoms with E-state index >= 15 is 0 Å². The predicted octanol–water partition coefficient (Wildman–Crippen LogP) is 3.07. The predicted molar refractivity (Wildman–Crippen MR) is 75.7 cm³/mol. The zero-order valence-electron chi connectivity index (χ0n) is 10.5. The Morgan fingerprint density at radius 1 is 1.10 bits per heavy atom. The Morgan fingerprint density at radius 2 is 1.85 bits per heavy atom. The SMILES string of the molecule is O=C(O)Nc1ccc(C(=O)/C=C/c2ccccn2)cc1. The van der Waals surface area contributed by atoms with Crippen LogP contribution in [0, 0.1) is 0 Å². The third kappa shape index (κ3) is 3.78. The maximum Gasteiger partial charge on any atom is 0.409 e. The molecule has 0 aliphatic carbocycles. The van der Waals surface area contributed by atoms with Crippen LogP contribution in [0.1, 0.15) is 16.1 Å². The van der Waals surface area contributed by atoms with Crippen molar-refractivity contribution in [1.29, 1.82) is 0 Å². The van der Waals surface area contributed by atoms with Gasteiger partial charge in [-0.15, -0.1) is 0 Å². The fourth-order valence-electron chi connectivity index (χ4n) is 1.57. The number of aromatic nitrogens is 1. The summed E-state index contributed by atoms with van der Waals surface area (Å²) in [5, 5.41) is 10.8. The van der Waals surface area contributed by atoms with Crippen molar-refractivity contribution in [1.82, 2.24) is 4.98 Å². The minimum Gasteiger partial charge on any atom is -0.465 e. The van der Waals surface area contributed by atoms with Gasteiger partial charge in [0.25, 0.3) is 0 Å². The molecule has 0 aliphatic rings. The molecule has 2 aromatic rings. The molecule has 20 heavy (non-hydrogen) atoms. The summed E-state index contributed by atoms with van der Waals surface area (Å²) in [6.07, 6.45) is 3.57. The number of hydrogen-bond donors (Lipinski definition) is 2. The van der Waals surface area contributed by atoms with Crippen molar-refractivity contribution in [3.05, 3.63) is 66.0 Å². The number of carbonyl (C=O) groups is 2. The molecule has 1 aromatic heterocycles. The lowest BCUT2D eigenvalue weighted by atomic mass is 10.1. The second-order valence-corrected chi connectivity index (χ2v) is 3.96. The Balaban J connectivity index is 2.06. The van der Waals surface area contributed by atoms with E-state index in [9.17, 15) is 9.59 Å². The topological polar surface area (TPSA) is 79.3 Å². The normalized spacial score (nSPS) is 10.4. The molecule has 2 rings (SSSR count). The van der Waals surface area contributed by atoms with Crippen molar-refractivity contribution in [2.45, 2.75) is 0 Å². The summed E-state index contributed by atoms with van der Waals surface area (Å²) in [5.41, 5.74) is 1.60. The van der Waals surface area contributed by atoms with Crippen LogP contribution in [0.3, 0.4) is 0 Å². The summed E-state index contributed by atoms with van der Waals surface area (Å²) in [7, 11) is 0. The van der Waals surface area contributed by atoms with E-state index in [1.165, 1.54) is 18.2 Å². The number of allylic oxidation sites excluding steroid dienone is 1. The fourth-order valence-corrected chi connectivity index (χ4v) is 1.57. The highest BCUT2D eigenvalue weighted by molar-refractivity contribution is 6.07. The van der Waals surface area contributed by atoms with E-state index in [0.717, 1.165) is 0 Å². The highest BCUT2D eigenvalue weighted by Crippen LogP contribution is 2.11. The smallest absolute Gasteiger partial charge is 0.409 e. The van der Waals surface area contributed by atoms with Gasteiger partial charge in [0.1, 0.15) is 0 Å². The molecule has 0 unspecified atom stereocenters. The average Bonchev–Trinajstić information content (AvgIpc) is 2.46. The molecule has 0 atom stereocenters. The maximum atomic E-state index is 11.9. The number of pyridine rings is 1. The van der Waals surface area contributed by atoms with Gasteiger partial charge < -0.3 is 5.11 Å². The molecule has 100 valence electrons. The number of nitrogens with one attached hydrogen (secondary N) is 1. The number of benzene rings is 1. The summed E-state index contributed by atoms with van der Waals surface area (Å²) in [6.45, 7) is 0. The molecular weight excluding hydrogens is 256 g/mol. The molecule has 0 spiro atoms. The van der Waals surface area contributed by atoms with Crippen molar-refractivity contribution >= 4 is 23.6 Å². The second-order valence-electron chi connectivity index (χ2n) is 3.96. The highest BCUT2D eigenvalue weighted by atomic mass is 16.4. The van der Waals surface area contributed by atoms with Crippen molar-refractivity contribution < 1.29 is 14.7 Å². The number of amides is 1. The molecule has 0 saturated heterocycles. The van der Waals surface area contributed by atoms with E-state index < -0.39 is 6.09 Å². The molecule has 0 fully saturated rings. The number of nitrogens with zero attached hydrogens (tertiary/aromatic N) is 1. The van der Waals surface area contributed by atoms with Crippen LogP contribution in [-0.4, -0.2) is 22.0 Å². The monoisotopic (exact) mass is 268 g/mol. The summed E-state index contributed by atoms with van der Waals surface area (Å²) in [4.78, 5) is 26.4. The van der Waals surface area contributed by atoms with Crippen molar-refractivity contribution in [3.63, 3.8) is 0 Å². The van der Waals surface area contributed by atoms with E-state index in [1.54, 1.807) is 36.5 Å². The Kier molecular flexibility index (Phi) is 4.24. The zero-order valence-corrected chi connectivity index (χ0v) is 10.5. The van der Waals surface area contributed by atoms with Crippen LogP contribution in [0.4, 0.5) is 10.5 Å². The Bertz CT molecular complexity index is 634. The average molecular weight is 268 g/mol. The minimum atomic E-state index is -1.14. The van der Waals surface area contributed by atoms with E-state index in [2.05, 4.69) is 10.3 Å². The van der Waals surface area contributed by atoms with Gasteiger partial charge >= 0.3 is 6.09 Å². The standard InChI is InChI=1S/C15H12N2O3/c18-14(9-8-12-3-1-2-10-16-12)11-4-6-13(7-5-11)17-15(19)20/h1-10,17H,(H,19,20)/b9-8+. The third-order valence-corrected chi connectivity index (χ3v) is 2.51. The zero-order chi connectivity index (χ0) is 14.4. The largest absolute Gasteiger partial charge is 0.465 e. The number of rotatable bonds is 4. The van der Waals surface area contributed by atoms with Crippen molar-refractivity contribution in [2.24, 2.45) is 0 Å². The van der Waals surface area contributed by atoms with Crippen LogP contribution in [-0.2, 0) is 0 Å². The quantitative estimate of drug-likeness (QED) is 0.659. The van der Waals surface area contributed by atoms with Gasteiger partial charge in [0.05, 0.1) is 5.69 Å². The van der Waals surface area contributed by atoms with Gasteiger partial charge in [-0.1, -0.05) is 6.07 Å². The van der Waals surface area contributed by atoms with Gasteiger partial charge in [-0.25, -0.2) is 4.79 Å². The fraction of sp³-hybridized carbons (Fsp3) is 0. The molecule has 5 nitrogen and oxygen atoms in total. The van der Waals surface area contributed by atoms with Crippen molar-refractivity contribution in [2.75, 3.05) is 5.32 Å². The van der Waals surface area contributed by atoms with E-state index in [4.69, 9.17) is 5.11 Å². The first kappa shape index (κ1) is 13.5. The molecular formula is C15H12N2O3. The number of carboxylic acid groups (broad SMARTS) is 1. The van der Waals surface area contributed by atoms with Crippen LogP contribution < -0.4 is 5.32 Å². The van der Waals surface area contributed by atoms with Gasteiger partial charge in [0.2, 0.25) is 0 Å². The summed E-state index contributed by atoms with van der Waals surface area (Å²) in [6, 6.07) is 11.6. The first-order valence-electron chi connectivity index (χ1n) is 5.88. The van der Waals surface area contributed by atoms with Gasteiger partial charge in [-0.3, -0.25) is 15.1 Å². The molecule has 2 N–H and O–H groups in total. The van der Waals surface area contributed by atoms with E-state index in [0.29, 0.717) is 16.9 Å². The van der Waals surface area contributed by atoms with Crippen LogP contribution in [0.25, 0.3) is 6.08 Å². The highest BCUT2D eigenvalue weighted by Gasteiger charge is 2.03. The Hall–Kier alpha value is -2.95. The Morgan fingerprint density at radius 3 is 2.45 bits per heavy atom. The lowest BCUT2D eigenvalue weighted by molar-refractivity contribution is 0.104. The van der Waals surface area contributed by atoms with Crippen LogP contribution in [0.5, 0.6) is 0 Å². The van der Waals surface area contributed by atoms with Gasteiger partial charge in [-0.05, 0) is 48.6 Å². The second kappa shape index (κ2) is 6.29. The van der Waals surface area contributed by atoms with E-state index in [-0.39, 0.29) is 5.78 Å². The van der Waals surface area contributed by atoms with Crippen LogP contribution in [0.2, 0.25) is 0 Å². The lowest BCUT2D eigenvalue weighted by Crippen LogP contribution is -2.07. The number of carbonyl (C=O) groups excluding carboxylic acids is 1. The first-order chi connectivity index (χ1) is 9.65. The lowest BCUT2D eigenvalue weighted by Gasteiger charge is -2.01. The number of ketones is 1. The molecule has 0 radical (unpaired) electrons. The Labute approximate surface area is 115 Å². The van der Waals surface area contributed by atoms with Crippen LogP contribution in [0.15, 0.2) is 54.7 Å². The molecule has 5 heteroatoms. The number of hydrogen-bond acceptors (Lipinski definition) is 3. The number of anilines is 1. The maximum absolute atomic E-state index is 11.9. The molecule has 0 aliphatic heterocycles. The van der Waals surface area contributed by atoms with E-state index in [1.807, 2.05) is 6.07 Å². The first-order valence-corrected chi connectivity index (χ1v) is 5.88. The third-order valence-electron chi connectivity index (χ3n) is 2.51. The summed E-state index contributed by atoms with van der Waals surface area (Å²) >= 11 is 0. The van der Waals surface area contributed by atoms with Crippen LogP contribution >= 0.6 is 0 Å². The minimum absolute atomic E-state index is 0.169. The van der Waals surface area contributed by atoms with Crippen molar-refractivity contribution in [3.8, 4) is 0 Å². The van der Waals surface area contributed by atoms with Gasteiger partial charge in [0.15, 0.2) is 5.78 Å². The summed E-state index contributed by atoms with van der Waals surface area (Å²) in [5.74, 6) is -0.169. The molecule has 0 saturated carbocycles. The molecule has 1 heterocycles. The van der Waals surface area contributed by atoms with Gasteiger partial charge in [-0.2, -0.15) is 0 Å². The summed E-state index contributed by atoms with van der Waals surface area (Å²) < 4.78 is 0. The molecule has 1 aromatic carbocycles. The molecule has 1 amide bonds.